The van der Waals surface area contributed by atoms with Crippen molar-refractivity contribution in [1.82, 2.24) is 0 Å². The third-order valence-electron chi connectivity index (χ3n) is 4.63. The van der Waals surface area contributed by atoms with Gasteiger partial charge in [-0.25, -0.2) is 0 Å². The van der Waals surface area contributed by atoms with Crippen LogP contribution in [0.2, 0.25) is 0 Å². The number of phenolic OH excluding ortho intramolecular Hbond substituents is 2. The van der Waals surface area contributed by atoms with Crippen molar-refractivity contribution in [3.05, 3.63) is 131 Å². The molecule has 0 spiro atoms. The van der Waals surface area contributed by atoms with Crippen LogP contribution in [0.25, 0.3) is 11.1 Å². The summed E-state index contributed by atoms with van der Waals surface area (Å²) in [5.41, 5.74) is 6.22. The quantitative estimate of drug-likeness (QED) is 0.443. The minimum Gasteiger partial charge on any atom is -0.508 e. The zero-order valence-electron chi connectivity index (χ0n) is 15.2. The summed E-state index contributed by atoms with van der Waals surface area (Å²) < 4.78 is 0. The summed E-state index contributed by atoms with van der Waals surface area (Å²) in [6.07, 6.45) is 0. The van der Waals surface area contributed by atoms with E-state index in [1.807, 2.05) is 66.7 Å². The Morgan fingerprint density at radius 1 is 0.464 bits per heavy atom. The number of phenols is 2. The summed E-state index contributed by atoms with van der Waals surface area (Å²) in [5, 5.41) is 19.5. The Morgan fingerprint density at radius 3 is 1.32 bits per heavy atom. The van der Waals surface area contributed by atoms with E-state index in [4.69, 9.17) is 0 Å². The topological polar surface area (TPSA) is 40.5 Å². The average molecular weight is 363 g/mol. The van der Waals surface area contributed by atoms with Crippen LogP contribution in [0.15, 0.2) is 103 Å². The molecule has 0 fully saturated rings. The number of benzene rings is 4. The first-order valence-electron chi connectivity index (χ1n) is 9.07. The fourth-order valence-corrected chi connectivity index (χ4v) is 3.33. The van der Waals surface area contributed by atoms with Crippen LogP contribution < -0.4 is 0 Å². The van der Waals surface area contributed by atoms with Crippen LogP contribution in [0.3, 0.4) is 0 Å². The van der Waals surface area contributed by atoms with Crippen LogP contribution >= 0.6 is 0 Å². The molecule has 4 aromatic carbocycles. The highest BCUT2D eigenvalue weighted by molar-refractivity contribution is 6.04. The standard InChI is InChI=1S/C26H19O2/c27-23-15-11-21(12-16-23)25(19-7-3-1-4-8-19)26(20-9-5-2-6-10-20)22-13-17-24(28)18-14-22/h1,3-18,27-28H. The van der Waals surface area contributed by atoms with Gasteiger partial charge in [0.2, 0.25) is 0 Å². The lowest BCUT2D eigenvalue weighted by atomic mass is 9.86. The van der Waals surface area contributed by atoms with Gasteiger partial charge in [-0.2, -0.15) is 0 Å². The third-order valence-corrected chi connectivity index (χ3v) is 4.63. The molecule has 4 rings (SSSR count). The van der Waals surface area contributed by atoms with E-state index in [2.05, 4.69) is 18.2 Å². The van der Waals surface area contributed by atoms with E-state index in [-0.39, 0.29) is 11.5 Å². The van der Waals surface area contributed by atoms with Gasteiger partial charge in [0.05, 0.1) is 0 Å². The van der Waals surface area contributed by atoms with Crippen LogP contribution in [0, 0.1) is 6.07 Å². The van der Waals surface area contributed by atoms with E-state index in [1.54, 1.807) is 24.3 Å². The molecule has 0 aromatic heterocycles. The van der Waals surface area contributed by atoms with E-state index in [9.17, 15) is 10.2 Å². The smallest absolute Gasteiger partial charge is 0.115 e. The summed E-state index contributed by atoms with van der Waals surface area (Å²) in [6.45, 7) is 0. The molecule has 0 atom stereocenters. The molecule has 0 saturated heterocycles. The van der Waals surface area contributed by atoms with E-state index in [0.29, 0.717) is 0 Å². The molecule has 2 heteroatoms. The zero-order chi connectivity index (χ0) is 19.3. The molecule has 0 heterocycles. The maximum Gasteiger partial charge on any atom is 0.115 e. The summed E-state index contributed by atoms with van der Waals surface area (Å²) in [4.78, 5) is 0. The zero-order valence-corrected chi connectivity index (χ0v) is 15.2. The Labute approximate surface area is 164 Å². The van der Waals surface area contributed by atoms with Crippen molar-refractivity contribution in [2.75, 3.05) is 0 Å². The first-order valence-corrected chi connectivity index (χ1v) is 9.07. The Balaban J connectivity index is 2.08. The summed E-state index contributed by atoms with van der Waals surface area (Å²) in [6, 6.07) is 35.6. The molecular weight excluding hydrogens is 344 g/mol. The van der Waals surface area contributed by atoms with Crippen molar-refractivity contribution >= 4 is 11.1 Å². The van der Waals surface area contributed by atoms with Gasteiger partial charge >= 0.3 is 0 Å². The lowest BCUT2D eigenvalue weighted by Crippen LogP contribution is -1.97. The second kappa shape index (κ2) is 7.85. The lowest BCUT2D eigenvalue weighted by Gasteiger charge is -2.18. The molecule has 0 aliphatic rings. The van der Waals surface area contributed by atoms with Crippen molar-refractivity contribution in [2.45, 2.75) is 0 Å². The summed E-state index contributed by atoms with van der Waals surface area (Å²) in [5.74, 6) is 0.465. The van der Waals surface area contributed by atoms with Crippen molar-refractivity contribution in [1.29, 1.82) is 0 Å². The Morgan fingerprint density at radius 2 is 0.857 bits per heavy atom. The van der Waals surface area contributed by atoms with E-state index < -0.39 is 0 Å². The first kappa shape index (κ1) is 17.6. The molecule has 2 N–H and O–H groups in total. The van der Waals surface area contributed by atoms with Gasteiger partial charge in [0.1, 0.15) is 11.5 Å². The minimum absolute atomic E-state index is 0.232. The molecule has 0 aliphatic carbocycles. The van der Waals surface area contributed by atoms with Crippen LogP contribution in [0.1, 0.15) is 22.3 Å². The largest absolute Gasteiger partial charge is 0.508 e. The highest BCUT2D eigenvalue weighted by Crippen LogP contribution is 2.37. The molecule has 4 aromatic rings. The molecule has 0 aliphatic heterocycles. The lowest BCUT2D eigenvalue weighted by molar-refractivity contribution is 0.474. The second-order valence-corrected chi connectivity index (χ2v) is 6.50. The van der Waals surface area contributed by atoms with E-state index in [1.165, 1.54) is 0 Å². The molecule has 0 bridgehead atoms. The highest BCUT2D eigenvalue weighted by atomic mass is 16.3. The molecule has 135 valence electrons. The van der Waals surface area contributed by atoms with E-state index >= 15 is 0 Å². The molecule has 28 heavy (non-hydrogen) atoms. The molecule has 0 amide bonds. The maximum atomic E-state index is 9.76. The Hall–Kier alpha value is -3.78. The van der Waals surface area contributed by atoms with Gasteiger partial charge in [0, 0.05) is 0 Å². The monoisotopic (exact) mass is 363 g/mol. The van der Waals surface area contributed by atoms with E-state index in [0.717, 1.165) is 33.4 Å². The van der Waals surface area contributed by atoms with Crippen LogP contribution in [-0.2, 0) is 0 Å². The van der Waals surface area contributed by atoms with Gasteiger partial charge in [-0.15, -0.1) is 0 Å². The Bertz CT molecular complexity index is 988. The van der Waals surface area contributed by atoms with Crippen molar-refractivity contribution in [2.24, 2.45) is 0 Å². The fourth-order valence-electron chi connectivity index (χ4n) is 3.33. The molecule has 0 unspecified atom stereocenters. The fraction of sp³-hybridized carbons (Fsp3) is 0. The molecule has 1 radical (unpaired) electrons. The number of hydrogen-bond donors (Lipinski definition) is 2. The van der Waals surface area contributed by atoms with Gasteiger partial charge in [-0.1, -0.05) is 78.9 Å². The van der Waals surface area contributed by atoms with Crippen molar-refractivity contribution in [3.8, 4) is 11.5 Å². The van der Waals surface area contributed by atoms with Crippen LogP contribution in [0.4, 0.5) is 0 Å². The normalized spacial score (nSPS) is 11.7. The molecule has 0 saturated carbocycles. The number of aromatic hydroxyl groups is 2. The number of hydrogen-bond acceptors (Lipinski definition) is 2. The predicted octanol–water partition coefficient (Wildman–Crippen LogP) is 5.91. The third kappa shape index (κ3) is 3.67. The second-order valence-electron chi connectivity index (χ2n) is 6.50. The van der Waals surface area contributed by atoms with Gasteiger partial charge in [0.25, 0.3) is 0 Å². The SMILES string of the molecule is Oc1ccc(C(=C(c2ccccc2)c2ccc(O)cc2)c2cc[c]cc2)cc1. The van der Waals surface area contributed by atoms with Gasteiger partial charge in [-0.3, -0.25) is 0 Å². The Kier molecular flexibility index (Phi) is 4.94. The van der Waals surface area contributed by atoms with Crippen LogP contribution in [0.5, 0.6) is 11.5 Å². The van der Waals surface area contributed by atoms with Crippen molar-refractivity contribution in [3.63, 3.8) is 0 Å². The summed E-state index contributed by atoms with van der Waals surface area (Å²) >= 11 is 0. The molecular formula is C26H19O2. The van der Waals surface area contributed by atoms with Gasteiger partial charge in [0.15, 0.2) is 0 Å². The average Bonchev–Trinajstić information content (AvgIpc) is 2.75. The van der Waals surface area contributed by atoms with Crippen LogP contribution in [-0.4, -0.2) is 10.2 Å². The predicted molar refractivity (Wildman–Crippen MR) is 113 cm³/mol. The maximum absolute atomic E-state index is 9.76. The first-order chi connectivity index (χ1) is 13.7. The number of rotatable bonds is 4. The summed E-state index contributed by atoms with van der Waals surface area (Å²) in [7, 11) is 0. The van der Waals surface area contributed by atoms with Gasteiger partial charge < -0.3 is 10.2 Å². The van der Waals surface area contributed by atoms with Gasteiger partial charge in [-0.05, 0) is 63.7 Å². The van der Waals surface area contributed by atoms with Crippen molar-refractivity contribution < 1.29 is 10.2 Å². The molecule has 2 nitrogen and oxygen atoms in total. The minimum atomic E-state index is 0.232. The highest BCUT2D eigenvalue weighted by Gasteiger charge is 2.16.